The van der Waals surface area contributed by atoms with E-state index < -0.39 is 11.8 Å². The first kappa shape index (κ1) is 14.3. The Balaban J connectivity index is 1.99. The number of nitrogens with one attached hydrogen (secondary N) is 1. The number of pyridine rings is 1. The van der Waals surface area contributed by atoms with Gasteiger partial charge < -0.3 is 21.7 Å². The van der Waals surface area contributed by atoms with Crippen molar-refractivity contribution in [2.45, 2.75) is 25.4 Å². The van der Waals surface area contributed by atoms with Crippen molar-refractivity contribution in [2.24, 2.45) is 11.5 Å². The lowest BCUT2D eigenvalue weighted by atomic mass is 10.2. The van der Waals surface area contributed by atoms with E-state index in [1.54, 1.807) is 12.3 Å². The zero-order chi connectivity index (χ0) is 14.5. The number of aromatic nitrogens is 1. The topological polar surface area (TPSA) is 114 Å². The summed E-state index contributed by atoms with van der Waals surface area (Å²) in [4.78, 5) is 27.7. The van der Waals surface area contributed by atoms with E-state index >= 15 is 0 Å². The van der Waals surface area contributed by atoms with Crippen molar-refractivity contribution in [1.29, 1.82) is 0 Å². The molecule has 7 heteroatoms. The molecule has 1 heterocycles. The van der Waals surface area contributed by atoms with Crippen LogP contribution in [0.15, 0.2) is 18.3 Å². The van der Waals surface area contributed by atoms with Gasteiger partial charge in [-0.25, -0.2) is 4.98 Å². The largest absolute Gasteiger partial charge is 0.368 e. The summed E-state index contributed by atoms with van der Waals surface area (Å²) in [6.45, 7) is 0.592. The van der Waals surface area contributed by atoms with Crippen molar-refractivity contribution in [3.63, 3.8) is 0 Å². The third-order valence-corrected chi connectivity index (χ3v) is 3.00. The second-order valence-electron chi connectivity index (χ2n) is 4.97. The number of nitrogens with zero attached hydrogens (tertiary/aromatic N) is 2. The molecule has 0 unspecified atom stereocenters. The third-order valence-electron chi connectivity index (χ3n) is 3.00. The number of rotatable bonds is 8. The van der Waals surface area contributed by atoms with E-state index in [1.807, 2.05) is 6.07 Å². The highest BCUT2D eigenvalue weighted by atomic mass is 16.2. The molecule has 1 aromatic rings. The summed E-state index contributed by atoms with van der Waals surface area (Å²) in [7, 11) is 0. The van der Waals surface area contributed by atoms with Gasteiger partial charge in [0.15, 0.2) is 0 Å². The Kier molecular flexibility index (Phi) is 4.52. The monoisotopic (exact) mass is 277 g/mol. The zero-order valence-corrected chi connectivity index (χ0v) is 11.2. The molecule has 0 aliphatic heterocycles. The lowest BCUT2D eigenvalue weighted by Gasteiger charge is -2.20. The number of hydrogen-bond acceptors (Lipinski definition) is 5. The molecule has 0 spiro atoms. The summed E-state index contributed by atoms with van der Waals surface area (Å²) >= 11 is 0. The molecule has 7 nitrogen and oxygen atoms in total. The number of hydrogen-bond donors (Lipinski definition) is 3. The zero-order valence-electron chi connectivity index (χ0n) is 11.2. The Bertz CT molecular complexity index is 468. The summed E-state index contributed by atoms with van der Waals surface area (Å²) in [5, 5.41) is 3.38. The van der Waals surface area contributed by atoms with Crippen LogP contribution >= 0.6 is 0 Å². The standard InChI is InChI=1S/C13H19N5O2/c14-11(19)7-18(8-12(15)20)13-4-1-9(6-17-13)5-16-10-2-3-10/h1,4,6,10,16H,2-3,5,7-8H2,(H2,14,19)(H2,15,20). The average Bonchev–Trinajstić information content (AvgIpc) is 3.19. The maximum Gasteiger partial charge on any atom is 0.237 e. The van der Waals surface area contributed by atoms with E-state index in [1.165, 1.54) is 17.7 Å². The van der Waals surface area contributed by atoms with Crippen LogP contribution in [0, 0.1) is 0 Å². The molecular weight excluding hydrogens is 258 g/mol. The van der Waals surface area contributed by atoms with Crippen LogP contribution in [0.25, 0.3) is 0 Å². The van der Waals surface area contributed by atoms with Gasteiger partial charge in [-0.2, -0.15) is 0 Å². The number of carbonyl (C=O) groups excluding carboxylic acids is 2. The van der Waals surface area contributed by atoms with Crippen LogP contribution in [0.4, 0.5) is 5.82 Å². The van der Waals surface area contributed by atoms with E-state index in [0.717, 1.165) is 12.1 Å². The Morgan fingerprint density at radius 2 is 1.90 bits per heavy atom. The fourth-order valence-electron chi connectivity index (χ4n) is 1.85. The van der Waals surface area contributed by atoms with Gasteiger partial charge in [0.1, 0.15) is 5.82 Å². The van der Waals surface area contributed by atoms with Gasteiger partial charge in [0.2, 0.25) is 11.8 Å². The van der Waals surface area contributed by atoms with Crippen LogP contribution in [0.3, 0.4) is 0 Å². The molecule has 0 radical (unpaired) electrons. The molecule has 5 N–H and O–H groups in total. The molecule has 20 heavy (non-hydrogen) atoms. The van der Waals surface area contributed by atoms with Gasteiger partial charge in [-0.15, -0.1) is 0 Å². The summed E-state index contributed by atoms with van der Waals surface area (Å²) in [5.74, 6) is -0.558. The highest BCUT2D eigenvalue weighted by Crippen LogP contribution is 2.19. The Hall–Kier alpha value is -2.15. The number of carbonyl (C=O) groups is 2. The summed E-state index contributed by atoms with van der Waals surface area (Å²) in [6.07, 6.45) is 4.19. The van der Waals surface area contributed by atoms with Crippen molar-refractivity contribution in [3.8, 4) is 0 Å². The molecule has 2 rings (SSSR count). The van der Waals surface area contributed by atoms with Gasteiger partial charge in [-0.3, -0.25) is 9.59 Å². The van der Waals surface area contributed by atoms with E-state index in [9.17, 15) is 9.59 Å². The van der Waals surface area contributed by atoms with Crippen molar-refractivity contribution >= 4 is 17.6 Å². The number of anilines is 1. The molecule has 0 aromatic carbocycles. The first-order valence-corrected chi connectivity index (χ1v) is 6.54. The summed E-state index contributed by atoms with van der Waals surface area (Å²) < 4.78 is 0. The van der Waals surface area contributed by atoms with Gasteiger partial charge in [-0.1, -0.05) is 6.07 Å². The Labute approximate surface area is 117 Å². The van der Waals surface area contributed by atoms with Gasteiger partial charge >= 0.3 is 0 Å². The minimum atomic E-state index is -0.535. The van der Waals surface area contributed by atoms with Crippen molar-refractivity contribution in [1.82, 2.24) is 10.3 Å². The number of nitrogens with two attached hydrogens (primary N) is 2. The highest BCUT2D eigenvalue weighted by molar-refractivity contribution is 5.84. The Morgan fingerprint density at radius 1 is 1.25 bits per heavy atom. The van der Waals surface area contributed by atoms with Gasteiger partial charge in [-0.05, 0) is 24.5 Å². The highest BCUT2D eigenvalue weighted by Gasteiger charge is 2.20. The maximum absolute atomic E-state index is 11.0. The summed E-state index contributed by atoms with van der Waals surface area (Å²) in [5.41, 5.74) is 11.4. The van der Waals surface area contributed by atoms with Crippen LogP contribution in [0.1, 0.15) is 18.4 Å². The Morgan fingerprint density at radius 3 is 2.35 bits per heavy atom. The molecular formula is C13H19N5O2. The van der Waals surface area contributed by atoms with Gasteiger partial charge in [0, 0.05) is 18.8 Å². The number of amides is 2. The summed E-state index contributed by atoms with van der Waals surface area (Å²) in [6, 6.07) is 4.30. The smallest absolute Gasteiger partial charge is 0.237 e. The minimum absolute atomic E-state index is 0.0877. The number of primary amides is 2. The molecule has 1 aromatic heterocycles. The van der Waals surface area contributed by atoms with Crippen LogP contribution in [0.5, 0.6) is 0 Å². The molecule has 1 saturated carbocycles. The van der Waals surface area contributed by atoms with E-state index in [4.69, 9.17) is 11.5 Å². The second kappa shape index (κ2) is 6.33. The lowest BCUT2D eigenvalue weighted by Crippen LogP contribution is -2.40. The van der Waals surface area contributed by atoms with Gasteiger partial charge in [0.25, 0.3) is 0 Å². The molecule has 0 bridgehead atoms. The predicted molar refractivity (Wildman–Crippen MR) is 74.7 cm³/mol. The minimum Gasteiger partial charge on any atom is -0.368 e. The molecule has 1 fully saturated rings. The lowest BCUT2D eigenvalue weighted by molar-refractivity contribution is -0.117. The van der Waals surface area contributed by atoms with E-state index in [2.05, 4.69) is 10.3 Å². The van der Waals surface area contributed by atoms with E-state index in [0.29, 0.717) is 11.9 Å². The second-order valence-corrected chi connectivity index (χ2v) is 4.97. The van der Waals surface area contributed by atoms with Crippen molar-refractivity contribution in [3.05, 3.63) is 23.9 Å². The normalized spacial score (nSPS) is 14.0. The first-order chi connectivity index (χ1) is 9.54. The molecule has 2 amide bonds. The molecule has 0 saturated heterocycles. The third kappa shape index (κ3) is 4.51. The average molecular weight is 277 g/mol. The fraction of sp³-hybridized carbons (Fsp3) is 0.462. The molecule has 1 aliphatic rings. The van der Waals surface area contributed by atoms with Gasteiger partial charge in [0.05, 0.1) is 13.1 Å². The fourth-order valence-corrected chi connectivity index (χ4v) is 1.85. The SMILES string of the molecule is NC(=O)CN(CC(N)=O)c1ccc(CNC2CC2)cn1. The molecule has 0 atom stereocenters. The molecule has 108 valence electrons. The first-order valence-electron chi connectivity index (χ1n) is 6.54. The maximum atomic E-state index is 11.0. The van der Waals surface area contributed by atoms with Crippen LogP contribution < -0.4 is 21.7 Å². The van der Waals surface area contributed by atoms with E-state index in [-0.39, 0.29) is 13.1 Å². The van der Waals surface area contributed by atoms with Crippen molar-refractivity contribution < 1.29 is 9.59 Å². The molecule has 1 aliphatic carbocycles. The predicted octanol–water partition coefficient (Wildman–Crippen LogP) is -0.889. The van der Waals surface area contributed by atoms with Crippen LogP contribution in [-0.2, 0) is 16.1 Å². The van der Waals surface area contributed by atoms with Crippen LogP contribution in [0.2, 0.25) is 0 Å². The quantitative estimate of drug-likeness (QED) is 0.570. The van der Waals surface area contributed by atoms with Crippen molar-refractivity contribution in [2.75, 3.05) is 18.0 Å². The van der Waals surface area contributed by atoms with Crippen LogP contribution in [-0.4, -0.2) is 35.9 Å².